The van der Waals surface area contributed by atoms with Crippen molar-refractivity contribution in [1.29, 1.82) is 0 Å². The summed E-state index contributed by atoms with van der Waals surface area (Å²) in [6, 6.07) is 1.50. The molecule has 1 fully saturated rings. The summed E-state index contributed by atoms with van der Waals surface area (Å²) in [7, 11) is 2.19. The Kier molecular flexibility index (Phi) is 5.20. The number of likely N-dealkylation sites (N-methyl/N-ethyl adjacent to an activating group) is 1. The molecule has 2 nitrogen and oxygen atoms in total. The lowest BCUT2D eigenvalue weighted by Crippen LogP contribution is -2.40. The molecule has 0 aromatic carbocycles. The molecule has 0 heterocycles. The van der Waals surface area contributed by atoms with Crippen molar-refractivity contribution in [3.8, 4) is 0 Å². The van der Waals surface area contributed by atoms with E-state index in [1.165, 1.54) is 25.7 Å². The Morgan fingerprint density at radius 1 is 1.57 bits per heavy atom. The monoisotopic (exact) mass is 196 g/mol. The minimum absolute atomic E-state index is 0.679. The van der Waals surface area contributed by atoms with Crippen LogP contribution in [0.2, 0.25) is 0 Å². The van der Waals surface area contributed by atoms with Crippen LogP contribution < -0.4 is 5.32 Å². The van der Waals surface area contributed by atoms with Crippen LogP contribution in [0.5, 0.6) is 0 Å². The Hall–Kier alpha value is -0.340. The predicted molar refractivity (Wildman–Crippen MR) is 62.5 cm³/mol. The van der Waals surface area contributed by atoms with Gasteiger partial charge in [0.25, 0.3) is 0 Å². The Morgan fingerprint density at radius 2 is 2.29 bits per heavy atom. The maximum atomic E-state index is 3.79. The molecule has 2 heteroatoms. The van der Waals surface area contributed by atoms with Gasteiger partial charge in [-0.3, -0.25) is 4.90 Å². The van der Waals surface area contributed by atoms with Crippen molar-refractivity contribution in [1.82, 2.24) is 10.2 Å². The summed E-state index contributed by atoms with van der Waals surface area (Å²) in [5.74, 6) is 0. The molecule has 0 bridgehead atoms. The molecular weight excluding hydrogens is 172 g/mol. The highest BCUT2D eigenvalue weighted by Gasteiger charge is 2.22. The molecule has 0 amide bonds. The lowest BCUT2D eigenvalue weighted by Gasteiger charge is -2.27. The molecule has 1 saturated carbocycles. The molecule has 0 aliphatic heterocycles. The molecule has 1 unspecified atom stereocenters. The van der Waals surface area contributed by atoms with Crippen LogP contribution in [-0.4, -0.2) is 37.1 Å². The first kappa shape index (κ1) is 11.7. The van der Waals surface area contributed by atoms with Crippen molar-refractivity contribution >= 4 is 0 Å². The van der Waals surface area contributed by atoms with Crippen molar-refractivity contribution in [2.45, 2.75) is 44.7 Å². The van der Waals surface area contributed by atoms with E-state index in [2.05, 4.69) is 30.8 Å². The van der Waals surface area contributed by atoms with Crippen molar-refractivity contribution in [3.63, 3.8) is 0 Å². The molecule has 1 rings (SSSR count). The van der Waals surface area contributed by atoms with E-state index in [0.717, 1.165) is 19.1 Å². The molecule has 82 valence electrons. The van der Waals surface area contributed by atoms with Gasteiger partial charge in [-0.2, -0.15) is 0 Å². The Labute approximate surface area is 88.4 Å². The van der Waals surface area contributed by atoms with Crippen molar-refractivity contribution in [3.05, 3.63) is 12.7 Å². The fraction of sp³-hybridized carbons (Fsp3) is 0.833. The van der Waals surface area contributed by atoms with Crippen molar-refractivity contribution in [2.75, 3.05) is 20.1 Å². The van der Waals surface area contributed by atoms with Crippen LogP contribution in [0.4, 0.5) is 0 Å². The summed E-state index contributed by atoms with van der Waals surface area (Å²) in [5.41, 5.74) is 0. The van der Waals surface area contributed by atoms with Crippen LogP contribution in [0.3, 0.4) is 0 Å². The fourth-order valence-electron chi connectivity index (χ4n) is 1.75. The first-order valence-corrected chi connectivity index (χ1v) is 5.82. The lowest BCUT2D eigenvalue weighted by atomic mass is 10.1. The summed E-state index contributed by atoms with van der Waals surface area (Å²) in [6.07, 6.45) is 7.29. The predicted octanol–water partition coefficient (Wildman–Crippen LogP) is 2.02. The van der Waals surface area contributed by atoms with Crippen molar-refractivity contribution in [2.24, 2.45) is 0 Å². The van der Waals surface area contributed by atoms with Crippen molar-refractivity contribution < 1.29 is 0 Å². The van der Waals surface area contributed by atoms with E-state index >= 15 is 0 Å². The molecule has 0 spiro atoms. The Bertz CT molecular complexity index is 164. The van der Waals surface area contributed by atoms with Crippen LogP contribution in [0.25, 0.3) is 0 Å². The largest absolute Gasteiger partial charge is 0.312 e. The van der Waals surface area contributed by atoms with E-state index < -0.39 is 0 Å². The fourth-order valence-corrected chi connectivity index (χ4v) is 1.75. The van der Waals surface area contributed by atoms with E-state index in [4.69, 9.17) is 0 Å². The number of hydrogen-bond acceptors (Lipinski definition) is 2. The summed E-state index contributed by atoms with van der Waals surface area (Å²) >= 11 is 0. The first-order chi connectivity index (χ1) is 6.77. The van der Waals surface area contributed by atoms with E-state index in [-0.39, 0.29) is 0 Å². The van der Waals surface area contributed by atoms with Crippen LogP contribution in [0.15, 0.2) is 12.7 Å². The smallest absolute Gasteiger partial charge is 0.0220 e. The molecule has 14 heavy (non-hydrogen) atoms. The van der Waals surface area contributed by atoms with Gasteiger partial charge in [0.15, 0.2) is 0 Å². The van der Waals surface area contributed by atoms with Gasteiger partial charge in [-0.05, 0) is 26.3 Å². The third-order valence-corrected chi connectivity index (χ3v) is 2.88. The average molecular weight is 196 g/mol. The van der Waals surface area contributed by atoms with Gasteiger partial charge < -0.3 is 5.32 Å². The van der Waals surface area contributed by atoms with Crippen LogP contribution in [0, 0.1) is 0 Å². The molecule has 0 saturated heterocycles. The minimum Gasteiger partial charge on any atom is -0.312 e. The SMILES string of the molecule is C=CCN(C)C(CCC)CNC1CC1. The third kappa shape index (κ3) is 4.25. The summed E-state index contributed by atoms with van der Waals surface area (Å²) < 4.78 is 0. The Balaban J connectivity index is 2.23. The van der Waals surface area contributed by atoms with Gasteiger partial charge in [0.1, 0.15) is 0 Å². The molecule has 1 atom stereocenters. The lowest BCUT2D eigenvalue weighted by molar-refractivity contribution is 0.243. The van der Waals surface area contributed by atoms with Gasteiger partial charge in [0.05, 0.1) is 0 Å². The van der Waals surface area contributed by atoms with Crippen LogP contribution >= 0.6 is 0 Å². The van der Waals surface area contributed by atoms with E-state index in [0.29, 0.717) is 6.04 Å². The van der Waals surface area contributed by atoms with Gasteiger partial charge in [-0.1, -0.05) is 19.4 Å². The molecule has 0 aromatic heterocycles. The first-order valence-electron chi connectivity index (χ1n) is 5.82. The Morgan fingerprint density at radius 3 is 2.79 bits per heavy atom. The highest BCUT2D eigenvalue weighted by atomic mass is 15.1. The molecule has 0 radical (unpaired) electrons. The molecule has 1 aliphatic carbocycles. The zero-order chi connectivity index (χ0) is 10.4. The highest BCUT2D eigenvalue weighted by molar-refractivity contribution is 4.85. The van der Waals surface area contributed by atoms with Gasteiger partial charge >= 0.3 is 0 Å². The van der Waals surface area contributed by atoms with E-state index in [9.17, 15) is 0 Å². The van der Waals surface area contributed by atoms with E-state index in [1.807, 2.05) is 6.08 Å². The second-order valence-corrected chi connectivity index (χ2v) is 4.35. The van der Waals surface area contributed by atoms with Gasteiger partial charge in [0.2, 0.25) is 0 Å². The normalized spacial score (nSPS) is 18.5. The second-order valence-electron chi connectivity index (χ2n) is 4.35. The zero-order valence-electron chi connectivity index (χ0n) is 9.63. The molecular formula is C12H24N2. The van der Waals surface area contributed by atoms with Gasteiger partial charge in [-0.25, -0.2) is 0 Å². The summed E-state index contributed by atoms with van der Waals surface area (Å²) in [5, 5.41) is 3.60. The third-order valence-electron chi connectivity index (χ3n) is 2.88. The number of nitrogens with zero attached hydrogens (tertiary/aromatic N) is 1. The van der Waals surface area contributed by atoms with Gasteiger partial charge in [0, 0.05) is 25.2 Å². The second kappa shape index (κ2) is 6.20. The number of rotatable bonds is 8. The molecule has 1 aliphatic rings. The molecule has 1 N–H and O–H groups in total. The minimum atomic E-state index is 0.679. The molecule has 0 aromatic rings. The topological polar surface area (TPSA) is 15.3 Å². The summed E-state index contributed by atoms with van der Waals surface area (Å²) in [6.45, 7) is 8.18. The quantitative estimate of drug-likeness (QED) is 0.598. The maximum absolute atomic E-state index is 3.79. The highest BCUT2D eigenvalue weighted by Crippen LogP contribution is 2.19. The number of hydrogen-bond donors (Lipinski definition) is 1. The van der Waals surface area contributed by atoms with Crippen LogP contribution in [-0.2, 0) is 0 Å². The van der Waals surface area contributed by atoms with Gasteiger partial charge in [-0.15, -0.1) is 6.58 Å². The standard InChI is InChI=1S/C12H24N2/c1-4-6-12(14(3)9-5-2)10-13-11-7-8-11/h5,11-13H,2,4,6-10H2,1,3H3. The average Bonchev–Trinajstić information content (AvgIpc) is 2.96. The summed E-state index contributed by atoms with van der Waals surface area (Å²) in [4.78, 5) is 2.39. The maximum Gasteiger partial charge on any atom is 0.0220 e. The zero-order valence-corrected chi connectivity index (χ0v) is 9.63. The number of nitrogens with one attached hydrogen (secondary N) is 1. The van der Waals surface area contributed by atoms with E-state index in [1.54, 1.807) is 0 Å². The van der Waals surface area contributed by atoms with Crippen LogP contribution in [0.1, 0.15) is 32.6 Å².